The summed E-state index contributed by atoms with van der Waals surface area (Å²) in [4.78, 5) is 32.2. The number of fused-ring (bicyclic) bond motifs is 1. The number of hydrogen-bond acceptors (Lipinski definition) is 5. The molecule has 2 aliphatic carbocycles. The van der Waals surface area contributed by atoms with Gasteiger partial charge in [-0.25, -0.2) is 0 Å². The molecule has 0 bridgehead atoms. The third-order valence-electron chi connectivity index (χ3n) is 7.94. The van der Waals surface area contributed by atoms with E-state index >= 15 is 0 Å². The van der Waals surface area contributed by atoms with Crippen LogP contribution in [0.4, 0.5) is 0 Å². The SMILES string of the molecule is Cc1nn(C2CCCCC2)c2sc(C(=O)N[C@H]3CC[C@H](C(=O)N4CCN(C)CC4)CC3)cc12. The predicted octanol–water partition coefficient (Wildman–Crippen LogP) is 3.97. The number of carbonyl (C=O) groups excluding carboxylic acids is 2. The second-order valence-corrected chi connectivity index (χ2v) is 11.3. The van der Waals surface area contributed by atoms with E-state index in [0.717, 1.165) is 72.7 Å². The molecular weight excluding hydrogens is 434 g/mol. The van der Waals surface area contributed by atoms with E-state index in [-0.39, 0.29) is 17.9 Å². The summed E-state index contributed by atoms with van der Waals surface area (Å²) >= 11 is 1.58. The van der Waals surface area contributed by atoms with Crippen LogP contribution in [0.5, 0.6) is 0 Å². The second-order valence-electron chi connectivity index (χ2n) is 10.3. The van der Waals surface area contributed by atoms with Crippen molar-refractivity contribution in [1.29, 1.82) is 0 Å². The van der Waals surface area contributed by atoms with E-state index < -0.39 is 0 Å². The van der Waals surface area contributed by atoms with E-state index in [0.29, 0.717) is 11.9 Å². The van der Waals surface area contributed by atoms with Gasteiger partial charge >= 0.3 is 0 Å². The molecule has 3 heterocycles. The third kappa shape index (κ3) is 4.83. The first-order valence-electron chi connectivity index (χ1n) is 12.8. The zero-order valence-corrected chi connectivity index (χ0v) is 20.8. The molecule has 8 heteroatoms. The number of nitrogens with one attached hydrogen (secondary N) is 1. The summed E-state index contributed by atoms with van der Waals surface area (Å²) in [5.41, 5.74) is 1.02. The van der Waals surface area contributed by atoms with Gasteiger partial charge < -0.3 is 15.1 Å². The molecule has 5 rings (SSSR count). The number of carbonyl (C=O) groups is 2. The highest BCUT2D eigenvalue weighted by Gasteiger charge is 2.31. The van der Waals surface area contributed by atoms with Crippen molar-refractivity contribution >= 4 is 33.4 Å². The van der Waals surface area contributed by atoms with Gasteiger partial charge in [-0.15, -0.1) is 11.3 Å². The maximum absolute atomic E-state index is 13.1. The van der Waals surface area contributed by atoms with Gasteiger partial charge in [0, 0.05) is 43.5 Å². The molecule has 2 aromatic rings. The lowest BCUT2D eigenvalue weighted by molar-refractivity contribution is -0.138. The number of piperazine rings is 1. The number of aryl methyl sites for hydroxylation is 1. The Morgan fingerprint density at radius 1 is 1.00 bits per heavy atom. The van der Waals surface area contributed by atoms with Crippen LogP contribution in [-0.2, 0) is 4.79 Å². The molecule has 2 amide bonds. The van der Waals surface area contributed by atoms with Crippen molar-refractivity contribution in [1.82, 2.24) is 24.9 Å². The molecule has 0 atom stereocenters. The van der Waals surface area contributed by atoms with Crippen LogP contribution >= 0.6 is 11.3 Å². The van der Waals surface area contributed by atoms with Crippen molar-refractivity contribution in [3.63, 3.8) is 0 Å². The van der Waals surface area contributed by atoms with E-state index in [1.807, 2.05) is 11.0 Å². The monoisotopic (exact) mass is 471 g/mol. The third-order valence-corrected chi connectivity index (χ3v) is 9.06. The zero-order chi connectivity index (χ0) is 22.9. The summed E-state index contributed by atoms with van der Waals surface area (Å²) in [7, 11) is 2.11. The minimum atomic E-state index is 0.0274. The van der Waals surface area contributed by atoms with Crippen molar-refractivity contribution < 1.29 is 9.59 Å². The van der Waals surface area contributed by atoms with Gasteiger partial charge in [0.25, 0.3) is 5.91 Å². The van der Waals surface area contributed by atoms with Crippen molar-refractivity contribution in [3.05, 3.63) is 16.6 Å². The standard InChI is InChI=1S/C25H37N5O2S/c1-17-21-16-22(33-25(21)30(27-17)20-6-4-3-5-7-20)23(31)26-19-10-8-18(9-11-19)24(32)29-14-12-28(2)13-15-29/h16,18-20H,3-15H2,1-2H3,(H,26,31)/t18-,19-. The smallest absolute Gasteiger partial charge is 0.261 e. The maximum atomic E-state index is 13.1. The van der Waals surface area contributed by atoms with Crippen LogP contribution in [0, 0.1) is 12.8 Å². The number of likely N-dealkylation sites (N-methyl/N-ethyl adjacent to an activating group) is 1. The van der Waals surface area contributed by atoms with Gasteiger partial charge in [0.1, 0.15) is 4.83 Å². The van der Waals surface area contributed by atoms with Crippen LogP contribution < -0.4 is 5.32 Å². The number of aromatic nitrogens is 2. The fraction of sp³-hybridized carbons (Fsp3) is 0.720. The molecule has 0 aromatic carbocycles. The summed E-state index contributed by atoms with van der Waals surface area (Å²) in [6, 6.07) is 2.66. The summed E-state index contributed by atoms with van der Waals surface area (Å²) in [6.07, 6.45) is 9.74. The van der Waals surface area contributed by atoms with Gasteiger partial charge in [-0.1, -0.05) is 19.3 Å². The fourth-order valence-corrected chi connectivity index (χ4v) is 6.92. The largest absolute Gasteiger partial charge is 0.349 e. The van der Waals surface area contributed by atoms with Crippen LogP contribution in [0.25, 0.3) is 10.2 Å². The molecular formula is C25H37N5O2S. The molecule has 1 saturated heterocycles. The highest BCUT2D eigenvalue weighted by Crippen LogP contribution is 2.35. The number of hydrogen-bond donors (Lipinski definition) is 1. The Balaban J connectivity index is 1.18. The van der Waals surface area contributed by atoms with E-state index in [2.05, 4.69) is 28.9 Å². The first-order chi connectivity index (χ1) is 16.0. The Labute approximate surface area is 200 Å². The lowest BCUT2D eigenvalue weighted by Gasteiger charge is -2.36. The normalized spacial score (nSPS) is 25.5. The van der Waals surface area contributed by atoms with Crippen molar-refractivity contribution in [2.75, 3.05) is 33.2 Å². The minimum Gasteiger partial charge on any atom is -0.349 e. The Kier molecular flexibility index (Phi) is 6.74. The molecule has 2 aromatic heterocycles. The summed E-state index contributed by atoms with van der Waals surface area (Å²) in [5.74, 6) is 0.467. The molecule has 2 saturated carbocycles. The Bertz CT molecular complexity index is 992. The maximum Gasteiger partial charge on any atom is 0.261 e. The van der Waals surface area contributed by atoms with Crippen molar-refractivity contribution in [2.24, 2.45) is 5.92 Å². The van der Waals surface area contributed by atoms with Gasteiger partial charge in [0.2, 0.25) is 5.91 Å². The lowest BCUT2D eigenvalue weighted by atomic mass is 9.85. The summed E-state index contributed by atoms with van der Waals surface area (Å²) < 4.78 is 2.19. The van der Waals surface area contributed by atoms with Crippen LogP contribution in [-0.4, -0.2) is 70.7 Å². The van der Waals surface area contributed by atoms with Crippen molar-refractivity contribution in [3.8, 4) is 0 Å². The Morgan fingerprint density at radius 3 is 2.39 bits per heavy atom. The molecule has 7 nitrogen and oxygen atoms in total. The lowest BCUT2D eigenvalue weighted by Crippen LogP contribution is -2.50. The van der Waals surface area contributed by atoms with Gasteiger partial charge in [-0.05, 0) is 58.6 Å². The van der Waals surface area contributed by atoms with Crippen LogP contribution in [0.3, 0.4) is 0 Å². The molecule has 180 valence electrons. The molecule has 0 unspecified atom stereocenters. The summed E-state index contributed by atoms with van der Waals surface area (Å²) in [5, 5.41) is 9.20. The van der Waals surface area contributed by atoms with E-state index in [9.17, 15) is 9.59 Å². The molecule has 1 N–H and O–H groups in total. The quantitative estimate of drug-likeness (QED) is 0.732. The average Bonchev–Trinajstić information content (AvgIpc) is 3.41. The molecule has 1 aliphatic heterocycles. The highest BCUT2D eigenvalue weighted by molar-refractivity contribution is 7.20. The van der Waals surface area contributed by atoms with Crippen LogP contribution in [0.15, 0.2) is 6.07 Å². The number of rotatable bonds is 4. The number of nitrogens with zero attached hydrogens (tertiary/aromatic N) is 4. The van der Waals surface area contributed by atoms with Gasteiger partial charge in [-0.2, -0.15) is 5.10 Å². The summed E-state index contributed by atoms with van der Waals surface area (Å²) in [6.45, 7) is 5.66. The zero-order valence-electron chi connectivity index (χ0n) is 20.0. The van der Waals surface area contributed by atoms with E-state index in [1.54, 1.807) is 11.3 Å². The number of amides is 2. The first kappa shape index (κ1) is 22.8. The molecule has 33 heavy (non-hydrogen) atoms. The molecule has 3 fully saturated rings. The van der Waals surface area contributed by atoms with E-state index in [1.165, 1.54) is 32.1 Å². The van der Waals surface area contributed by atoms with Gasteiger partial charge in [0.05, 0.1) is 16.6 Å². The van der Waals surface area contributed by atoms with Gasteiger partial charge in [-0.3, -0.25) is 14.3 Å². The van der Waals surface area contributed by atoms with Crippen molar-refractivity contribution in [2.45, 2.75) is 76.8 Å². The highest BCUT2D eigenvalue weighted by atomic mass is 32.1. The van der Waals surface area contributed by atoms with Gasteiger partial charge in [0.15, 0.2) is 0 Å². The van der Waals surface area contributed by atoms with E-state index in [4.69, 9.17) is 5.10 Å². The second kappa shape index (κ2) is 9.74. The topological polar surface area (TPSA) is 70.5 Å². The minimum absolute atomic E-state index is 0.0274. The Morgan fingerprint density at radius 2 is 1.70 bits per heavy atom. The van der Waals surface area contributed by atoms with Crippen LogP contribution in [0.1, 0.15) is 79.2 Å². The molecule has 3 aliphatic rings. The Hall–Kier alpha value is -1.93. The number of thiophene rings is 1. The molecule has 0 radical (unpaired) electrons. The molecule has 0 spiro atoms. The first-order valence-corrected chi connectivity index (χ1v) is 13.6. The average molecular weight is 472 g/mol. The van der Waals surface area contributed by atoms with Crippen LogP contribution in [0.2, 0.25) is 0 Å². The fourth-order valence-electron chi connectivity index (χ4n) is 5.78. The predicted molar refractivity (Wildman–Crippen MR) is 132 cm³/mol.